The van der Waals surface area contributed by atoms with Gasteiger partial charge in [0.25, 0.3) is 0 Å². The van der Waals surface area contributed by atoms with Gasteiger partial charge >= 0.3 is 0 Å². The number of allylic oxidation sites excluding steroid dienone is 2. The minimum atomic E-state index is 0.486. The number of nitrogens with zero attached hydrogens (tertiary/aromatic N) is 4. The van der Waals surface area contributed by atoms with Crippen LogP contribution < -0.4 is 0 Å². The van der Waals surface area contributed by atoms with Gasteiger partial charge in [0.05, 0.1) is 17.8 Å². The fourth-order valence-corrected chi connectivity index (χ4v) is 9.23. The van der Waals surface area contributed by atoms with E-state index in [1.54, 1.807) is 11.3 Å². The minimum absolute atomic E-state index is 0.486. The summed E-state index contributed by atoms with van der Waals surface area (Å²) in [5.41, 5.74) is 12.5. The molecule has 2 heterocycles. The van der Waals surface area contributed by atoms with Crippen molar-refractivity contribution >= 4 is 78.5 Å². The molecule has 1 aliphatic rings. The highest BCUT2D eigenvalue weighted by molar-refractivity contribution is 7.26. The summed E-state index contributed by atoms with van der Waals surface area (Å²) in [6.07, 6.45) is 7.81. The maximum atomic E-state index is 5.21. The van der Waals surface area contributed by atoms with E-state index < -0.39 is 0 Å². The Balaban J connectivity index is 1.10. The predicted molar refractivity (Wildman–Crippen MR) is 249 cm³/mol. The lowest BCUT2D eigenvalue weighted by molar-refractivity contribution is 1.06. The summed E-state index contributed by atoms with van der Waals surface area (Å²) in [6, 6.07) is 61.9. The predicted octanol–water partition coefficient (Wildman–Crippen LogP) is 13.7. The Morgan fingerprint density at radius 3 is 2.07 bits per heavy atom. The molecule has 2 aromatic heterocycles. The van der Waals surface area contributed by atoms with E-state index in [0.717, 1.165) is 44.6 Å². The summed E-state index contributed by atoms with van der Waals surface area (Å²) in [6.45, 7) is 4.40. The van der Waals surface area contributed by atoms with Crippen molar-refractivity contribution in [3.63, 3.8) is 0 Å². The standard InChI is InChI=1S/C53H38N4S/c1-54-52(39-18-7-3-8-19-39)56-53(55-35-36-16-5-2-6-17-36)47-34-41(33-46-44-24-12-14-27-50(44)58-51(46)47)38-30-28-37(29-31-38)40-20-15-26-49-45(32-40)43-23-11-13-25-48(43)57(49)42-21-9-4-10-22-42/h2-19,21-34H,1,20,35H2/b55-53-,56-52-. The number of hydrogen-bond donors (Lipinski definition) is 0. The highest BCUT2D eigenvalue weighted by atomic mass is 32.1. The lowest BCUT2D eigenvalue weighted by Crippen LogP contribution is -2.06. The molecular weight excluding hydrogens is 725 g/mol. The maximum Gasteiger partial charge on any atom is 0.161 e. The van der Waals surface area contributed by atoms with Crippen molar-refractivity contribution in [2.75, 3.05) is 0 Å². The van der Waals surface area contributed by atoms with Gasteiger partial charge in [0.15, 0.2) is 11.7 Å². The van der Waals surface area contributed by atoms with Crippen LogP contribution in [0.5, 0.6) is 0 Å². The van der Waals surface area contributed by atoms with Gasteiger partial charge in [-0.2, -0.15) is 0 Å². The summed E-state index contributed by atoms with van der Waals surface area (Å²) in [4.78, 5) is 14.8. The number of fused-ring (bicyclic) bond motifs is 6. The molecule has 7 aromatic carbocycles. The van der Waals surface area contributed by atoms with Crippen LogP contribution in [0.2, 0.25) is 0 Å². The molecule has 58 heavy (non-hydrogen) atoms. The Labute approximate surface area is 341 Å². The Morgan fingerprint density at radius 1 is 0.621 bits per heavy atom. The Hall–Kier alpha value is -7.21. The number of rotatable bonds is 7. The second kappa shape index (κ2) is 15.4. The average molecular weight is 763 g/mol. The zero-order chi connectivity index (χ0) is 38.8. The van der Waals surface area contributed by atoms with E-state index in [1.807, 2.05) is 48.5 Å². The van der Waals surface area contributed by atoms with Crippen LogP contribution in [0.4, 0.5) is 0 Å². The molecule has 0 saturated carbocycles. The van der Waals surface area contributed by atoms with Crippen LogP contribution in [0.3, 0.4) is 0 Å². The van der Waals surface area contributed by atoms with Gasteiger partial charge in [0.2, 0.25) is 0 Å². The minimum Gasteiger partial charge on any atom is -0.309 e. The molecule has 0 N–H and O–H groups in total. The van der Waals surface area contributed by atoms with Crippen LogP contribution in [-0.2, 0) is 6.54 Å². The molecule has 0 fully saturated rings. The summed E-state index contributed by atoms with van der Waals surface area (Å²) in [5.74, 6) is 1.17. The van der Waals surface area contributed by atoms with Gasteiger partial charge in [-0.15, -0.1) is 11.3 Å². The monoisotopic (exact) mass is 762 g/mol. The van der Waals surface area contributed by atoms with E-state index in [4.69, 9.17) is 9.98 Å². The molecule has 0 bridgehead atoms. The molecule has 0 amide bonds. The van der Waals surface area contributed by atoms with E-state index >= 15 is 0 Å². The third kappa shape index (κ3) is 6.61. The molecular formula is C53H38N4S. The van der Waals surface area contributed by atoms with Crippen molar-refractivity contribution in [2.45, 2.75) is 13.0 Å². The lowest BCUT2D eigenvalue weighted by Gasteiger charge is -2.11. The van der Waals surface area contributed by atoms with Crippen molar-refractivity contribution < 1.29 is 0 Å². The van der Waals surface area contributed by atoms with E-state index in [-0.39, 0.29) is 0 Å². The average Bonchev–Trinajstić information content (AvgIpc) is 3.73. The number of aliphatic imine (C=N–C) groups is 3. The Bertz CT molecular complexity index is 3090. The molecule has 10 rings (SSSR count). The fraction of sp³-hybridized carbons (Fsp3) is 0.0377. The molecule has 5 heteroatoms. The van der Waals surface area contributed by atoms with Crippen molar-refractivity contribution in [2.24, 2.45) is 15.0 Å². The first-order chi connectivity index (χ1) is 28.7. The summed E-state index contributed by atoms with van der Waals surface area (Å²) in [5, 5.41) is 3.66. The van der Waals surface area contributed by atoms with Crippen molar-refractivity contribution in [1.82, 2.24) is 4.57 Å². The van der Waals surface area contributed by atoms with Crippen LogP contribution in [0.25, 0.3) is 65.6 Å². The number of benzene rings is 7. The quantitative estimate of drug-likeness (QED) is 0.115. The summed E-state index contributed by atoms with van der Waals surface area (Å²) in [7, 11) is 0. The van der Waals surface area contributed by atoms with E-state index in [0.29, 0.717) is 18.2 Å². The van der Waals surface area contributed by atoms with E-state index in [9.17, 15) is 0 Å². The highest BCUT2D eigenvalue weighted by Gasteiger charge is 2.20. The van der Waals surface area contributed by atoms with Gasteiger partial charge in [-0.1, -0.05) is 146 Å². The normalized spacial score (nSPS) is 13.1. The molecule has 9 aromatic rings. The number of aromatic nitrogens is 1. The highest BCUT2D eigenvalue weighted by Crippen LogP contribution is 2.41. The maximum absolute atomic E-state index is 5.21. The van der Waals surface area contributed by atoms with Gasteiger partial charge in [-0.3, -0.25) is 4.99 Å². The molecule has 0 unspecified atom stereocenters. The third-order valence-corrected chi connectivity index (χ3v) is 12.1. The number of para-hydroxylation sites is 2. The molecule has 0 radical (unpaired) electrons. The van der Waals surface area contributed by atoms with Gasteiger partial charge in [0, 0.05) is 47.9 Å². The molecule has 0 saturated heterocycles. The van der Waals surface area contributed by atoms with E-state index in [2.05, 4.69) is 162 Å². The first-order valence-electron chi connectivity index (χ1n) is 19.5. The number of hydrogen-bond acceptors (Lipinski definition) is 2. The van der Waals surface area contributed by atoms with Gasteiger partial charge in [-0.25, -0.2) is 9.98 Å². The topological polar surface area (TPSA) is 42.0 Å². The van der Waals surface area contributed by atoms with Gasteiger partial charge in [-0.05, 0) is 89.5 Å². The van der Waals surface area contributed by atoms with Crippen LogP contribution in [-0.4, -0.2) is 23.0 Å². The Kier molecular flexibility index (Phi) is 9.34. The largest absolute Gasteiger partial charge is 0.309 e. The van der Waals surface area contributed by atoms with Gasteiger partial charge < -0.3 is 4.57 Å². The molecule has 276 valence electrons. The van der Waals surface area contributed by atoms with Crippen LogP contribution >= 0.6 is 11.3 Å². The van der Waals surface area contributed by atoms with Crippen LogP contribution in [0, 0.1) is 0 Å². The summed E-state index contributed by atoms with van der Waals surface area (Å²) >= 11 is 1.78. The van der Waals surface area contributed by atoms with Crippen molar-refractivity contribution in [3.8, 4) is 16.8 Å². The van der Waals surface area contributed by atoms with Crippen LogP contribution in [0.15, 0.2) is 197 Å². The van der Waals surface area contributed by atoms with Gasteiger partial charge in [0.1, 0.15) is 0 Å². The SMILES string of the molecule is C=N/C(=N\C(=N/Cc1ccccc1)c1cc(-c2ccc(C3=Cc4c(n(-c5ccccc5)c5ccccc45)C=CC3)cc2)cc2c1sc1ccccc12)c1ccccc1. The second-order valence-corrected chi connectivity index (χ2v) is 15.5. The molecule has 0 spiro atoms. The Morgan fingerprint density at radius 2 is 1.29 bits per heavy atom. The van der Waals surface area contributed by atoms with E-state index in [1.165, 1.54) is 48.8 Å². The van der Waals surface area contributed by atoms with Crippen molar-refractivity contribution in [3.05, 3.63) is 216 Å². The number of thiophene rings is 1. The molecule has 0 atom stereocenters. The van der Waals surface area contributed by atoms with Crippen LogP contribution in [0.1, 0.15) is 39.9 Å². The summed E-state index contributed by atoms with van der Waals surface area (Å²) < 4.78 is 4.75. The zero-order valence-corrected chi connectivity index (χ0v) is 32.6. The molecule has 1 aliphatic carbocycles. The third-order valence-electron chi connectivity index (χ3n) is 10.9. The number of amidine groups is 2. The first-order valence-corrected chi connectivity index (χ1v) is 20.3. The first kappa shape index (κ1) is 35.2. The fourth-order valence-electron chi connectivity index (χ4n) is 8.03. The van der Waals surface area contributed by atoms with Crippen molar-refractivity contribution in [1.29, 1.82) is 0 Å². The molecule has 0 aliphatic heterocycles. The molecule has 4 nitrogen and oxygen atoms in total. The smallest absolute Gasteiger partial charge is 0.161 e. The second-order valence-electron chi connectivity index (χ2n) is 14.4. The zero-order valence-electron chi connectivity index (χ0n) is 31.8. The lowest BCUT2D eigenvalue weighted by atomic mass is 9.95.